The van der Waals surface area contributed by atoms with Crippen LogP contribution in [0.15, 0.2) is 65.1 Å². The summed E-state index contributed by atoms with van der Waals surface area (Å²) in [7, 11) is 0. The Kier molecular flexibility index (Phi) is 4.04. The van der Waals surface area contributed by atoms with Crippen molar-refractivity contribution < 1.29 is 9.50 Å². The SMILES string of the molecule is OC(Cc1ccc2ccccc2c1)c1cc(F)cc(Br)c1. The summed E-state index contributed by atoms with van der Waals surface area (Å²) < 4.78 is 14.0. The third kappa shape index (κ3) is 3.31. The van der Waals surface area contributed by atoms with Crippen molar-refractivity contribution in [3.05, 3.63) is 82.1 Å². The highest BCUT2D eigenvalue weighted by Gasteiger charge is 2.11. The van der Waals surface area contributed by atoms with Crippen LogP contribution in [0.25, 0.3) is 10.8 Å². The highest BCUT2D eigenvalue weighted by Crippen LogP contribution is 2.24. The molecule has 3 aromatic carbocycles. The molecule has 1 nitrogen and oxygen atoms in total. The minimum Gasteiger partial charge on any atom is -0.388 e. The van der Waals surface area contributed by atoms with Crippen LogP contribution in [-0.2, 0) is 6.42 Å². The summed E-state index contributed by atoms with van der Waals surface area (Å²) >= 11 is 3.25. The molecule has 0 heterocycles. The topological polar surface area (TPSA) is 20.2 Å². The van der Waals surface area contributed by atoms with Crippen LogP contribution in [0.3, 0.4) is 0 Å². The molecule has 0 aliphatic heterocycles. The van der Waals surface area contributed by atoms with E-state index in [0.29, 0.717) is 16.5 Å². The second kappa shape index (κ2) is 5.96. The van der Waals surface area contributed by atoms with Crippen molar-refractivity contribution in [2.45, 2.75) is 12.5 Å². The van der Waals surface area contributed by atoms with Gasteiger partial charge in [-0.1, -0.05) is 58.4 Å². The summed E-state index contributed by atoms with van der Waals surface area (Å²) in [5.41, 5.74) is 1.61. The lowest BCUT2D eigenvalue weighted by molar-refractivity contribution is 0.178. The fourth-order valence-electron chi connectivity index (χ4n) is 2.47. The second-order valence-corrected chi connectivity index (χ2v) is 6.02. The number of hydrogen-bond acceptors (Lipinski definition) is 1. The van der Waals surface area contributed by atoms with Gasteiger partial charge in [-0.25, -0.2) is 4.39 Å². The van der Waals surface area contributed by atoms with Crippen LogP contribution in [-0.4, -0.2) is 5.11 Å². The van der Waals surface area contributed by atoms with Gasteiger partial charge in [0.15, 0.2) is 0 Å². The third-order valence-electron chi connectivity index (χ3n) is 3.51. The number of rotatable bonds is 3. The molecule has 0 amide bonds. The first-order chi connectivity index (χ1) is 10.1. The first-order valence-electron chi connectivity index (χ1n) is 6.73. The molecule has 1 N–H and O–H groups in total. The number of benzene rings is 3. The zero-order chi connectivity index (χ0) is 14.8. The Labute approximate surface area is 131 Å². The van der Waals surface area contributed by atoms with Crippen LogP contribution in [0, 0.1) is 5.82 Å². The first kappa shape index (κ1) is 14.2. The Morgan fingerprint density at radius 2 is 1.71 bits per heavy atom. The normalized spacial score (nSPS) is 12.5. The molecule has 0 spiro atoms. The minimum atomic E-state index is -0.724. The number of aliphatic hydroxyl groups excluding tert-OH is 1. The van der Waals surface area contributed by atoms with Crippen molar-refractivity contribution >= 4 is 26.7 Å². The molecule has 3 heteroatoms. The summed E-state index contributed by atoms with van der Waals surface area (Å²) in [4.78, 5) is 0. The van der Waals surface area contributed by atoms with E-state index in [1.807, 2.05) is 30.3 Å². The summed E-state index contributed by atoms with van der Waals surface area (Å²) in [6.45, 7) is 0. The van der Waals surface area contributed by atoms with Crippen LogP contribution in [0.1, 0.15) is 17.2 Å². The van der Waals surface area contributed by atoms with Crippen molar-refractivity contribution in [1.82, 2.24) is 0 Å². The van der Waals surface area contributed by atoms with Crippen LogP contribution >= 0.6 is 15.9 Å². The first-order valence-corrected chi connectivity index (χ1v) is 7.53. The van der Waals surface area contributed by atoms with Crippen LogP contribution < -0.4 is 0 Å². The lowest BCUT2D eigenvalue weighted by Gasteiger charge is -2.12. The quantitative estimate of drug-likeness (QED) is 0.707. The molecule has 0 aliphatic rings. The number of hydrogen-bond donors (Lipinski definition) is 1. The predicted molar refractivity (Wildman–Crippen MR) is 86.7 cm³/mol. The fraction of sp³-hybridized carbons (Fsp3) is 0.111. The van der Waals surface area contributed by atoms with E-state index in [4.69, 9.17) is 0 Å². The molecule has 0 bridgehead atoms. The van der Waals surface area contributed by atoms with Gasteiger partial charge < -0.3 is 5.11 Å². The van der Waals surface area contributed by atoms with E-state index in [2.05, 4.69) is 28.1 Å². The average molecular weight is 345 g/mol. The van der Waals surface area contributed by atoms with Gasteiger partial charge in [0.25, 0.3) is 0 Å². The zero-order valence-corrected chi connectivity index (χ0v) is 12.8. The highest BCUT2D eigenvalue weighted by molar-refractivity contribution is 9.10. The van der Waals surface area contributed by atoms with Crippen molar-refractivity contribution in [1.29, 1.82) is 0 Å². The Bertz CT molecular complexity index is 765. The molecule has 0 radical (unpaired) electrons. The standard InChI is InChI=1S/C18H14BrFO/c19-16-9-15(10-17(20)11-16)18(21)8-12-5-6-13-3-1-2-4-14(13)7-12/h1-7,9-11,18,21H,8H2. The second-order valence-electron chi connectivity index (χ2n) is 5.10. The molecule has 1 atom stereocenters. The molecule has 0 saturated heterocycles. The monoisotopic (exact) mass is 344 g/mol. The van der Waals surface area contributed by atoms with Crippen molar-refractivity contribution in [3.8, 4) is 0 Å². The molecule has 0 fully saturated rings. The number of halogens is 2. The van der Waals surface area contributed by atoms with Gasteiger partial charge in [-0.2, -0.15) is 0 Å². The van der Waals surface area contributed by atoms with Gasteiger partial charge >= 0.3 is 0 Å². The van der Waals surface area contributed by atoms with E-state index < -0.39 is 6.10 Å². The molecule has 3 rings (SSSR count). The Hall–Kier alpha value is -1.71. The molecule has 0 aliphatic carbocycles. The van der Waals surface area contributed by atoms with E-state index >= 15 is 0 Å². The van der Waals surface area contributed by atoms with E-state index in [-0.39, 0.29) is 5.82 Å². The number of aliphatic hydroxyl groups is 1. The van der Waals surface area contributed by atoms with E-state index in [1.54, 1.807) is 6.07 Å². The molecule has 1 unspecified atom stereocenters. The number of fused-ring (bicyclic) bond motifs is 1. The summed E-state index contributed by atoms with van der Waals surface area (Å²) in [6, 6.07) is 18.7. The average Bonchev–Trinajstić information content (AvgIpc) is 2.46. The third-order valence-corrected chi connectivity index (χ3v) is 3.97. The molecule has 106 valence electrons. The maximum absolute atomic E-state index is 13.4. The molecule has 0 saturated carbocycles. The Morgan fingerprint density at radius 3 is 2.48 bits per heavy atom. The maximum atomic E-state index is 13.4. The lowest BCUT2D eigenvalue weighted by Crippen LogP contribution is -2.02. The zero-order valence-electron chi connectivity index (χ0n) is 11.3. The summed E-state index contributed by atoms with van der Waals surface area (Å²) in [6.07, 6.45) is -0.265. The Morgan fingerprint density at radius 1 is 0.952 bits per heavy atom. The van der Waals surface area contributed by atoms with Gasteiger partial charge in [0.2, 0.25) is 0 Å². The lowest BCUT2D eigenvalue weighted by atomic mass is 9.99. The van der Waals surface area contributed by atoms with Gasteiger partial charge in [0, 0.05) is 10.9 Å². The fourth-order valence-corrected chi connectivity index (χ4v) is 2.96. The largest absolute Gasteiger partial charge is 0.388 e. The summed E-state index contributed by atoms with van der Waals surface area (Å²) in [5.74, 6) is -0.350. The van der Waals surface area contributed by atoms with Gasteiger partial charge in [-0.05, 0) is 40.1 Å². The van der Waals surface area contributed by atoms with Crippen molar-refractivity contribution in [2.24, 2.45) is 0 Å². The van der Waals surface area contributed by atoms with Crippen LogP contribution in [0.5, 0.6) is 0 Å². The van der Waals surface area contributed by atoms with E-state index in [9.17, 15) is 9.50 Å². The summed E-state index contributed by atoms with van der Waals surface area (Å²) in [5, 5.41) is 12.6. The molecule has 3 aromatic rings. The van der Waals surface area contributed by atoms with Gasteiger partial charge in [0.1, 0.15) is 5.82 Å². The van der Waals surface area contributed by atoms with Crippen LogP contribution in [0.2, 0.25) is 0 Å². The molecular weight excluding hydrogens is 331 g/mol. The smallest absolute Gasteiger partial charge is 0.124 e. The molecule has 0 aromatic heterocycles. The van der Waals surface area contributed by atoms with E-state index in [0.717, 1.165) is 10.9 Å². The molecule has 21 heavy (non-hydrogen) atoms. The van der Waals surface area contributed by atoms with E-state index in [1.165, 1.54) is 17.5 Å². The van der Waals surface area contributed by atoms with Crippen LogP contribution in [0.4, 0.5) is 4.39 Å². The van der Waals surface area contributed by atoms with Gasteiger partial charge in [0.05, 0.1) is 6.10 Å². The molecular formula is C18H14BrFO. The maximum Gasteiger partial charge on any atom is 0.124 e. The van der Waals surface area contributed by atoms with Gasteiger partial charge in [-0.3, -0.25) is 0 Å². The highest BCUT2D eigenvalue weighted by atomic mass is 79.9. The van der Waals surface area contributed by atoms with Crippen molar-refractivity contribution in [2.75, 3.05) is 0 Å². The minimum absolute atomic E-state index is 0.350. The van der Waals surface area contributed by atoms with Crippen molar-refractivity contribution in [3.63, 3.8) is 0 Å². The predicted octanol–water partition coefficient (Wildman–Crippen LogP) is 5.02. The Balaban J connectivity index is 1.86. The van der Waals surface area contributed by atoms with Gasteiger partial charge in [-0.15, -0.1) is 0 Å².